The summed E-state index contributed by atoms with van der Waals surface area (Å²) in [7, 11) is 2.05. The fourth-order valence-corrected chi connectivity index (χ4v) is 3.76. The topological polar surface area (TPSA) is 37.8 Å². The molecule has 1 fully saturated rings. The fourth-order valence-electron chi connectivity index (χ4n) is 3.76. The summed E-state index contributed by atoms with van der Waals surface area (Å²) in [5.74, 6) is 1.74. The molecule has 20 heavy (non-hydrogen) atoms. The molecular formula is C17H27N3. The molecule has 3 heteroatoms. The van der Waals surface area contributed by atoms with Gasteiger partial charge in [-0.25, -0.2) is 9.97 Å². The molecule has 0 saturated heterocycles. The molecule has 0 spiro atoms. The van der Waals surface area contributed by atoms with Crippen LogP contribution >= 0.6 is 0 Å². The minimum Gasteiger partial charge on any atom is -0.313 e. The van der Waals surface area contributed by atoms with Crippen LogP contribution in [0.1, 0.15) is 86.8 Å². The number of rotatable bonds is 2. The van der Waals surface area contributed by atoms with Crippen LogP contribution in [0.15, 0.2) is 6.20 Å². The highest BCUT2D eigenvalue weighted by Gasteiger charge is 2.22. The first kappa shape index (κ1) is 14.0. The van der Waals surface area contributed by atoms with E-state index in [0.717, 1.165) is 12.2 Å². The average Bonchev–Trinajstić information content (AvgIpc) is 2.87. The average molecular weight is 273 g/mol. The monoisotopic (exact) mass is 273 g/mol. The van der Waals surface area contributed by atoms with E-state index >= 15 is 0 Å². The molecule has 0 bridgehead atoms. The molecule has 3 nitrogen and oxygen atoms in total. The maximum atomic E-state index is 4.99. The first-order valence-electron chi connectivity index (χ1n) is 8.41. The highest BCUT2D eigenvalue weighted by molar-refractivity contribution is 5.24. The van der Waals surface area contributed by atoms with E-state index in [1.807, 2.05) is 0 Å². The molecule has 0 aromatic carbocycles. The number of aromatic nitrogens is 2. The third-order valence-electron chi connectivity index (χ3n) is 5.02. The summed E-state index contributed by atoms with van der Waals surface area (Å²) in [6.45, 7) is 0. The maximum absolute atomic E-state index is 4.99. The summed E-state index contributed by atoms with van der Waals surface area (Å²) in [6.07, 6.45) is 15.1. The zero-order valence-corrected chi connectivity index (χ0v) is 12.7. The van der Waals surface area contributed by atoms with Gasteiger partial charge in [0, 0.05) is 29.4 Å². The molecule has 0 amide bonds. The van der Waals surface area contributed by atoms with Gasteiger partial charge in [0.15, 0.2) is 0 Å². The van der Waals surface area contributed by atoms with E-state index in [4.69, 9.17) is 9.97 Å². The Bertz CT molecular complexity index is 436. The lowest BCUT2D eigenvalue weighted by Crippen LogP contribution is -2.18. The first-order valence-corrected chi connectivity index (χ1v) is 8.41. The highest BCUT2D eigenvalue weighted by Crippen LogP contribution is 2.32. The van der Waals surface area contributed by atoms with Crippen molar-refractivity contribution in [2.75, 3.05) is 7.05 Å². The van der Waals surface area contributed by atoms with Gasteiger partial charge in [0.1, 0.15) is 5.82 Å². The molecular weight excluding hydrogens is 246 g/mol. The number of nitrogens with zero attached hydrogens (tertiary/aromatic N) is 2. The van der Waals surface area contributed by atoms with E-state index in [1.165, 1.54) is 69.0 Å². The summed E-state index contributed by atoms with van der Waals surface area (Å²) in [4.78, 5) is 9.73. The summed E-state index contributed by atoms with van der Waals surface area (Å²) in [5, 5.41) is 3.43. The quantitative estimate of drug-likeness (QED) is 0.656. The van der Waals surface area contributed by atoms with Crippen molar-refractivity contribution in [1.29, 1.82) is 0 Å². The Hall–Kier alpha value is -0.960. The third-order valence-corrected chi connectivity index (χ3v) is 5.02. The van der Waals surface area contributed by atoms with Crippen molar-refractivity contribution < 1.29 is 0 Å². The van der Waals surface area contributed by atoms with Crippen LogP contribution < -0.4 is 5.32 Å². The number of aryl methyl sites for hydroxylation is 1. The molecule has 1 atom stereocenters. The lowest BCUT2D eigenvalue weighted by atomic mass is 9.98. The van der Waals surface area contributed by atoms with Gasteiger partial charge in [-0.05, 0) is 39.2 Å². The van der Waals surface area contributed by atoms with Crippen molar-refractivity contribution in [3.8, 4) is 0 Å². The predicted octanol–water partition coefficient (Wildman–Crippen LogP) is 3.90. The molecule has 3 rings (SSSR count). The van der Waals surface area contributed by atoms with E-state index in [1.54, 1.807) is 0 Å². The maximum Gasteiger partial charge on any atom is 0.131 e. The lowest BCUT2D eigenvalue weighted by molar-refractivity contribution is 0.527. The van der Waals surface area contributed by atoms with Crippen LogP contribution in [0.3, 0.4) is 0 Å². The summed E-state index contributed by atoms with van der Waals surface area (Å²) >= 11 is 0. The van der Waals surface area contributed by atoms with Crippen LogP contribution in [-0.2, 0) is 6.42 Å². The van der Waals surface area contributed by atoms with Gasteiger partial charge in [-0.3, -0.25) is 0 Å². The Kier molecular flexibility index (Phi) is 4.66. The minimum absolute atomic E-state index is 0.454. The Balaban J connectivity index is 1.85. The lowest BCUT2D eigenvalue weighted by Gasteiger charge is -2.18. The Morgan fingerprint density at radius 3 is 2.50 bits per heavy atom. The van der Waals surface area contributed by atoms with E-state index < -0.39 is 0 Å². The van der Waals surface area contributed by atoms with E-state index in [-0.39, 0.29) is 0 Å². The Morgan fingerprint density at radius 1 is 1.00 bits per heavy atom. The molecule has 2 aliphatic carbocycles. The number of fused-ring (bicyclic) bond motifs is 1. The van der Waals surface area contributed by atoms with Gasteiger partial charge in [-0.1, -0.05) is 32.1 Å². The van der Waals surface area contributed by atoms with Gasteiger partial charge in [0.05, 0.1) is 0 Å². The largest absolute Gasteiger partial charge is 0.313 e. The van der Waals surface area contributed by atoms with Crippen LogP contribution in [0, 0.1) is 0 Å². The van der Waals surface area contributed by atoms with Gasteiger partial charge >= 0.3 is 0 Å². The summed E-state index contributed by atoms with van der Waals surface area (Å²) < 4.78 is 0. The standard InChI is InChI=1S/C17H27N3/c1-18-15-10-6-7-11-16-14(15)12-19-17(20-16)13-8-4-2-3-5-9-13/h12-13,15,18H,2-11H2,1H3. The highest BCUT2D eigenvalue weighted by atomic mass is 14.9. The van der Waals surface area contributed by atoms with Crippen molar-refractivity contribution in [2.45, 2.75) is 76.2 Å². The van der Waals surface area contributed by atoms with Crippen LogP contribution in [0.25, 0.3) is 0 Å². The van der Waals surface area contributed by atoms with Crippen LogP contribution in [0.2, 0.25) is 0 Å². The zero-order chi connectivity index (χ0) is 13.8. The molecule has 2 aliphatic rings. The predicted molar refractivity (Wildman–Crippen MR) is 81.8 cm³/mol. The van der Waals surface area contributed by atoms with Crippen molar-refractivity contribution in [3.63, 3.8) is 0 Å². The molecule has 1 aromatic heterocycles. The van der Waals surface area contributed by atoms with E-state index in [0.29, 0.717) is 12.0 Å². The molecule has 1 heterocycles. The second-order valence-corrected chi connectivity index (χ2v) is 6.41. The van der Waals surface area contributed by atoms with Crippen molar-refractivity contribution >= 4 is 0 Å². The molecule has 1 N–H and O–H groups in total. The molecule has 110 valence electrons. The minimum atomic E-state index is 0.454. The van der Waals surface area contributed by atoms with Gasteiger partial charge in [-0.2, -0.15) is 0 Å². The van der Waals surface area contributed by atoms with Crippen molar-refractivity contribution in [3.05, 3.63) is 23.3 Å². The Morgan fingerprint density at radius 2 is 1.75 bits per heavy atom. The molecule has 1 aromatic rings. The van der Waals surface area contributed by atoms with Crippen LogP contribution in [0.5, 0.6) is 0 Å². The van der Waals surface area contributed by atoms with Gasteiger partial charge < -0.3 is 5.32 Å². The van der Waals surface area contributed by atoms with E-state index in [2.05, 4.69) is 18.6 Å². The summed E-state index contributed by atoms with van der Waals surface area (Å²) in [5.41, 5.74) is 2.67. The van der Waals surface area contributed by atoms with Crippen LogP contribution in [0.4, 0.5) is 0 Å². The van der Waals surface area contributed by atoms with Gasteiger partial charge in [0.2, 0.25) is 0 Å². The number of nitrogens with one attached hydrogen (secondary N) is 1. The second-order valence-electron chi connectivity index (χ2n) is 6.41. The fraction of sp³-hybridized carbons (Fsp3) is 0.765. The first-order chi connectivity index (χ1) is 9.88. The van der Waals surface area contributed by atoms with E-state index in [9.17, 15) is 0 Å². The van der Waals surface area contributed by atoms with Crippen molar-refractivity contribution in [1.82, 2.24) is 15.3 Å². The molecule has 0 radical (unpaired) electrons. The zero-order valence-electron chi connectivity index (χ0n) is 12.7. The van der Waals surface area contributed by atoms with Gasteiger partial charge in [-0.15, -0.1) is 0 Å². The number of hydrogen-bond donors (Lipinski definition) is 1. The number of hydrogen-bond acceptors (Lipinski definition) is 3. The molecule has 1 unspecified atom stereocenters. The smallest absolute Gasteiger partial charge is 0.131 e. The van der Waals surface area contributed by atoms with Gasteiger partial charge in [0.25, 0.3) is 0 Å². The normalized spacial score (nSPS) is 24.8. The van der Waals surface area contributed by atoms with Crippen molar-refractivity contribution in [2.24, 2.45) is 0 Å². The molecule has 0 aliphatic heterocycles. The SMILES string of the molecule is CNC1CCCCc2nc(C3CCCCCC3)ncc21. The second kappa shape index (κ2) is 6.66. The Labute approximate surface area is 122 Å². The van der Waals surface area contributed by atoms with Crippen LogP contribution in [-0.4, -0.2) is 17.0 Å². The molecule has 1 saturated carbocycles. The third kappa shape index (κ3) is 3.03. The summed E-state index contributed by atoms with van der Waals surface area (Å²) in [6, 6.07) is 0.454.